The van der Waals surface area contributed by atoms with Gasteiger partial charge in [0, 0.05) is 43.3 Å². The van der Waals surface area contributed by atoms with E-state index in [9.17, 15) is 4.79 Å². The van der Waals surface area contributed by atoms with E-state index >= 15 is 0 Å². The molecule has 0 unspecified atom stereocenters. The number of nitrogens with zero attached hydrogens (tertiary/aromatic N) is 3. The van der Waals surface area contributed by atoms with Crippen LogP contribution in [0.4, 0.5) is 0 Å². The summed E-state index contributed by atoms with van der Waals surface area (Å²) in [4.78, 5) is 24.7. The van der Waals surface area contributed by atoms with Gasteiger partial charge in [-0.25, -0.2) is 0 Å². The van der Waals surface area contributed by atoms with Gasteiger partial charge in [0.25, 0.3) is 0 Å². The van der Waals surface area contributed by atoms with Crippen molar-refractivity contribution in [1.82, 2.24) is 14.8 Å². The van der Waals surface area contributed by atoms with Crippen LogP contribution in [-0.2, 0) is 11.2 Å². The third-order valence-electron chi connectivity index (χ3n) is 5.36. The molecule has 2 heterocycles. The Morgan fingerprint density at radius 1 is 1.30 bits per heavy atom. The first kappa shape index (κ1) is 19.2. The van der Waals surface area contributed by atoms with Gasteiger partial charge in [-0.05, 0) is 37.4 Å². The Morgan fingerprint density at radius 2 is 2.11 bits per heavy atom. The summed E-state index contributed by atoms with van der Waals surface area (Å²) < 4.78 is 0. The van der Waals surface area contributed by atoms with Gasteiger partial charge in [-0.15, -0.1) is 0 Å². The van der Waals surface area contributed by atoms with Crippen LogP contribution in [0.5, 0.6) is 0 Å². The second kappa shape index (κ2) is 8.90. The highest BCUT2D eigenvalue weighted by Gasteiger charge is 2.33. The molecule has 1 aromatic heterocycles. The minimum absolute atomic E-state index is 0.0686. The van der Waals surface area contributed by atoms with Gasteiger partial charge < -0.3 is 21.4 Å². The van der Waals surface area contributed by atoms with Crippen molar-refractivity contribution in [2.45, 2.75) is 32.2 Å². The summed E-state index contributed by atoms with van der Waals surface area (Å²) in [7, 11) is 0. The summed E-state index contributed by atoms with van der Waals surface area (Å²) in [5, 5.41) is 1.24. The summed E-state index contributed by atoms with van der Waals surface area (Å²) in [6, 6.07) is 8.22. The molecule has 3 rings (SSSR count). The van der Waals surface area contributed by atoms with Crippen molar-refractivity contribution in [2.24, 2.45) is 16.5 Å². The van der Waals surface area contributed by atoms with Crippen molar-refractivity contribution in [2.75, 3.05) is 32.7 Å². The average Bonchev–Trinajstić information content (AvgIpc) is 3.08. The number of amides is 1. The molecule has 1 fully saturated rings. The summed E-state index contributed by atoms with van der Waals surface area (Å²) >= 11 is 0. The van der Waals surface area contributed by atoms with Crippen LogP contribution in [0.15, 0.2) is 35.5 Å². The van der Waals surface area contributed by atoms with Gasteiger partial charge in [-0.3, -0.25) is 14.7 Å². The fourth-order valence-corrected chi connectivity index (χ4v) is 3.88. The number of hydrogen-bond acceptors (Lipinski definition) is 3. The molecule has 7 heteroatoms. The van der Waals surface area contributed by atoms with E-state index < -0.39 is 0 Å². The number of hydrogen-bond donors (Lipinski definition) is 3. The predicted molar refractivity (Wildman–Crippen MR) is 110 cm³/mol. The molecule has 0 spiro atoms. The molecule has 27 heavy (non-hydrogen) atoms. The maximum Gasteiger partial charge on any atom is 0.239 e. The van der Waals surface area contributed by atoms with Crippen molar-refractivity contribution >= 4 is 22.8 Å². The van der Waals surface area contributed by atoms with Crippen molar-refractivity contribution < 1.29 is 4.79 Å². The molecule has 0 aliphatic carbocycles. The van der Waals surface area contributed by atoms with E-state index in [-0.39, 0.29) is 17.9 Å². The Labute approximate surface area is 160 Å². The number of carbonyl (C=O) groups excluding carboxylic acids is 1. The largest absolute Gasteiger partial charge is 0.370 e. The molecule has 7 nitrogen and oxygen atoms in total. The zero-order valence-electron chi connectivity index (χ0n) is 16.0. The molecule has 1 amide bonds. The number of aliphatic imine (C=N–C) groups is 1. The van der Waals surface area contributed by atoms with E-state index in [4.69, 9.17) is 11.5 Å². The fourth-order valence-electron chi connectivity index (χ4n) is 3.88. The number of rotatable bonds is 8. The Bertz CT molecular complexity index is 795. The number of nitrogens with one attached hydrogen (secondary N) is 1. The highest BCUT2D eigenvalue weighted by Crippen LogP contribution is 2.20. The normalized spacial score (nSPS) is 18.2. The predicted octanol–water partition coefficient (Wildman–Crippen LogP) is 1.30. The molecule has 146 valence electrons. The summed E-state index contributed by atoms with van der Waals surface area (Å²) in [6.07, 6.45) is 4.51. The van der Waals surface area contributed by atoms with Crippen molar-refractivity contribution in [3.63, 3.8) is 0 Å². The standard InChI is InChI=1S/C20H30N6O/c1-2-25-12-13-26(19(27)18(25)8-5-10-23-20(21)22)11-9-15-14-24-17-7-4-3-6-16(15)17/h3-4,6-7,14,18,24H,2,5,8-13H2,1H3,(H4,21,22,23)/t18-/m0/s1. The smallest absolute Gasteiger partial charge is 0.239 e. The SMILES string of the molecule is CCN1CCN(CCc2c[nH]c3ccccc23)C(=O)[C@@H]1CCCN=C(N)N. The van der Waals surface area contributed by atoms with Crippen LogP contribution in [0.25, 0.3) is 10.9 Å². The number of carbonyl (C=O) groups is 1. The number of H-pyrrole nitrogens is 1. The Balaban J connectivity index is 1.60. The molecule has 2 aromatic rings. The Kier molecular flexibility index (Phi) is 6.34. The summed E-state index contributed by atoms with van der Waals surface area (Å²) in [6.45, 7) is 6.02. The van der Waals surface area contributed by atoms with Crippen LogP contribution in [0.3, 0.4) is 0 Å². The van der Waals surface area contributed by atoms with Crippen molar-refractivity contribution in [3.8, 4) is 0 Å². The average molecular weight is 371 g/mol. The molecule has 0 saturated carbocycles. The second-order valence-electron chi connectivity index (χ2n) is 7.03. The molecule has 0 radical (unpaired) electrons. The molecule has 1 aliphatic rings. The van der Waals surface area contributed by atoms with Crippen LogP contribution in [-0.4, -0.2) is 65.4 Å². The summed E-state index contributed by atoms with van der Waals surface area (Å²) in [5.41, 5.74) is 13.2. The first-order valence-electron chi connectivity index (χ1n) is 9.73. The van der Waals surface area contributed by atoms with Crippen molar-refractivity contribution in [1.29, 1.82) is 0 Å². The number of fused-ring (bicyclic) bond motifs is 1. The number of aromatic amines is 1. The number of para-hydroxylation sites is 1. The lowest BCUT2D eigenvalue weighted by Crippen LogP contribution is -2.57. The van der Waals surface area contributed by atoms with E-state index in [1.54, 1.807) is 0 Å². The number of nitrogens with two attached hydrogens (primary N) is 2. The monoisotopic (exact) mass is 370 g/mol. The van der Waals surface area contributed by atoms with Gasteiger partial charge in [-0.2, -0.15) is 0 Å². The van der Waals surface area contributed by atoms with Gasteiger partial charge >= 0.3 is 0 Å². The highest BCUT2D eigenvalue weighted by atomic mass is 16.2. The van der Waals surface area contributed by atoms with E-state index in [0.29, 0.717) is 6.54 Å². The van der Waals surface area contributed by atoms with Gasteiger partial charge in [-0.1, -0.05) is 25.1 Å². The first-order chi connectivity index (χ1) is 13.1. The maximum atomic E-state index is 13.0. The zero-order valence-corrected chi connectivity index (χ0v) is 16.0. The van der Waals surface area contributed by atoms with Crippen LogP contribution in [0.1, 0.15) is 25.3 Å². The molecule has 1 saturated heterocycles. The molecular weight excluding hydrogens is 340 g/mol. The summed E-state index contributed by atoms with van der Waals surface area (Å²) in [5.74, 6) is 0.338. The number of likely N-dealkylation sites (N-methyl/N-ethyl adjacent to an activating group) is 1. The van der Waals surface area contributed by atoms with Crippen LogP contribution in [0.2, 0.25) is 0 Å². The van der Waals surface area contributed by atoms with Crippen LogP contribution >= 0.6 is 0 Å². The molecule has 1 aliphatic heterocycles. The van der Waals surface area contributed by atoms with Crippen LogP contribution < -0.4 is 11.5 Å². The third kappa shape index (κ3) is 4.60. The van der Waals surface area contributed by atoms with Gasteiger partial charge in [0.05, 0.1) is 6.04 Å². The number of aromatic nitrogens is 1. The van der Waals surface area contributed by atoms with Crippen molar-refractivity contribution in [3.05, 3.63) is 36.0 Å². The lowest BCUT2D eigenvalue weighted by atomic mass is 10.0. The topological polar surface area (TPSA) is 104 Å². The fraction of sp³-hybridized carbons (Fsp3) is 0.500. The molecule has 1 atom stereocenters. The second-order valence-corrected chi connectivity index (χ2v) is 7.03. The van der Waals surface area contributed by atoms with E-state index in [0.717, 1.165) is 51.0 Å². The quantitative estimate of drug-likeness (QED) is 0.370. The number of piperazine rings is 1. The van der Waals surface area contributed by atoms with E-state index in [1.165, 1.54) is 10.9 Å². The Hall–Kier alpha value is -2.54. The zero-order chi connectivity index (χ0) is 19.2. The minimum atomic E-state index is -0.0686. The minimum Gasteiger partial charge on any atom is -0.370 e. The van der Waals surface area contributed by atoms with E-state index in [1.807, 2.05) is 11.0 Å². The lowest BCUT2D eigenvalue weighted by Gasteiger charge is -2.40. The third-order valence-corrected chi connectivity index (χ3v) is 5.36. The maximum absolute atomic E-state index is 13.0. The van der Waals surface area contributed by atoms with Crippen LogP contribution in [0, 0.1) is 0 Å². The Morgan fingerprint density at radius 3 is 2.89 bits per heavy atom. The van der Waals surface area contributed by atoms with E-state index in [2.05, 4.69) is 46.2 Å². The number of benzene rings is 1. The molecule has 1 aromatic carbocycles. The number of guanidine groups is 1. The molecular formula is C20H30N6O. The molecule has 5 N–H and O–H groups in total. The van der Waals surface area contributed by atoms with Gasteiger partial charge in [0.15, 0.2) is 5.96 Å². The molecule has 0 bridgehead atoms. The van der Waals surface area contributed by atoms with Gasteiger partial charge in [0.1, 0.15) is 0 Å². The lowest BCUT2D eigenvalue weighted by molar-refractivity contribution is -0.142. The van der Waals surface area contributed by atoms with Gasteiger partial charge in [0.2, 0.25) is 5.91 Å². The highest BCUT2D eigenvalue weighted by molar-refractivity contribution is 5.84. The first-order valence-corrected chi connectivity index (χ1v) is 9.73.